The number of ether oxygens (including phenoxy) is 2. The molecule has 0 saturated heterocycles. The summed E-state index contributed by atoms with van der Waals surface area (Å²) in [4.78, 5) is 0. The van der Waals surface area contributed by atoms with Gasteiger partial charge < -0.3 is 14.8 Å². The lowest BCUT2D eigenvalue weighted by molar-refractivity contribution is 0.161. The van der Waals surface area contributed by atoms with E-state index in [4.69, 9.17) is 9.47 Å². The summed E-state index contributed by atoms with van der Waals surface area (Å²) in [5.74, 6) is 0.919. The second-order valence-electron chi connectivity index (χ2n) is 4.53. The molecule has 1 rings (SSSR count). The van der Waals surface area contributed by atoms with Crippen LogP contribution in [0, 0.1) is 0 Å². The average Bonchev–Trinajstić information content (AvgIpc) is 2.44. The Morgan fingerprint density at radius 3 is 2.84 bits per heavy atom. The van der Waals surface area contributed by atoms with E-state index in [1.807, 2.05) is 18.2 Å². The molecular weight excluding hydrogens is 238 g/mol. The van der Waals surface area contributed by atoms with Crippen molar-refractivity contribution < 1.29 is 9.47 Å². The Kier molecular flexibility index (Phi) is 7.94. The van der Waals surface area contributed by atoms with Gasteiger partial charge in [-0.3, -0.25) is 0 Å². The fraction of sp³-hybridized carbons (Fsp3) is 0.500. The van der Waals surface area contributed by atoms with E-state index in [9.17, 15) is 0 Å². The van der Waals surface area contributed by atoms with E-state index < -0.39 is 0 Å². The van der Waals surface area contributed by atoms with Gasteiger partial charge in [-0.15, -0.1) is 0 Å². The van der Waals surface area contributed by atoms with E-state index in [1.165, 1.54) is 5.56 Å². The highest BCUT2D eigenvalue weighted by molar-refractivity contribution is 5.33. The SMILES string of the molecule is C=CCOc1ccccc1CNC(CCC)COC. The van der Waals surface area contributed by atoms with Crippen LogP contribution < -0.4 is 10.1 Å². The fourth-order valence-corrected chi connectivity index (χ4v) is 1.99. The van der Waals surface area contributed by atoms with E-state index in [2.05, 4.69) is 24.9 Å². The van der Waals surface area contributed by atoms with Crippen LogP contribution in [0.15, 0.2) is 36.9 Å². The molecule has 0 aromatic heterocycles. The zero-order valence-electron chi connectivity index (χ0n) is 12.0. The molecule has 0 aliphatic heterocycles. The largest absolute Gasteiger partial charge is 0.489 e. The molecule has 0 amide bonds. The van der Waals surface area contributed by atoms with Gasteiger partial charge >= 0.3 is 0 Å². The summed E-state index contributed by atoms with van der Waals surface area (Å²) in [5.41, 5.74) is 1.17. The van der Waals surface area contributed by atoms with Gasteiger partial charge in [0.15, 0.2) is 0 Å². The molecule has 19 heavy (non-hydrogen) atoms. The zero-order valence-corrected chi connectivity index (χ0v) is 12.0. The van der Waals surface area contributed by atoms with Gasteiger partial charge in [0, 0.05) is 25.3 Å². The zero-order chi connectivity index (χ0) is 13.9. The molecule has 0 aliphatic rings. The third-order valence-corrected chi connectivity index (χ3v) is 2.92. The summed E-state index contributed by atoms with van der Waals surface area (Å²) in [5, 5.41) is 3.52. The third-order valence-electron chi connectivity index (χ3n) is 2.92. The van der Waals surface area contributed by atoms with Gasteiger partial charge in [-0.1, -0.05) is 44.2 Å². The van der Waals surface area contributed by atoms with E-state index in [0.717, 1.165) is 31.7 Å². The van der Waals surface area contributed by atoms with Gasteiger partial charge in [0.2, 0.25) is 0 Å². The van der Waals surface area contributed by atoms with Crippen molar-refractivity contribution in [2.75, 3.05) is 20.3 Å². The van der Waals surface area contributed by atoms with Crippen LogP contribution in [0.1, 0.15) is 25.3 Å². The second kappa shape index (κ2) is 9.59. The smallest absolute Gasteiger partial charge is 0.124 e. The maximum absolute atomic E-state index is 5.65. The van der Waals surface area contributed by atoms with Gasteiger partial charge in [0.05, 0.1) is 6.61 Å². The molecule has 1 N–H and O–H groups in total. The summed E-state index contributed by atoms with van der Waals surface area (Å²) in [6.45, 7) is 7.92. The van der Waals surface area contributed by atoms with Crippen molar-refractivity contribution in [1.82, 2.24) is 5.32 Å². The van der Waals surface area contributed by atoms with Gasteiger partial charge in [-0.2, -0.15) is 0 Å². The molecule has 0 bridgehead atoms. The monoisotopic (exact) mass is 263 g/mol. The van der Waals surface area contributed by atoms with Crippen molar-refractivity contribution in [1.29, 1.82) is 0 Å². The molecule has 0 aliphatic carbocycles. The molecule has 1 aromatic carbocycles. The average molecular weight is 263 g/mol. The van der Waals surface area contributed by atoms with Crippen LogP contribution in [-0.2, 0) is 11.3 Å². The lowest BCUT2D eigenvalue weighted by Gasteiger charge is -2.18. The Morgan fingerprint density at radius 1 is 1.37 bits per heavy atom. The van der Waals surface area contributed by atoms with Gasteiger partial charge in [0.25, 0.3) is 0 Å². The molecule has 0 spiro atoms. The molecule has 1 aromatic rings. The topological polar surface area (TPSA) is 30.5 Å². The number of para-hydroxylation sites is 1. The van der Waals surface area contributed by atoms with E-state index in [0.29, 0.717) is 12.6 Å². The predicted octanol–water partition coefficient (Wildman–Crippen LogP) is 3.16. The summed E-state index contributed by atoms with van der Waals surface area (Å²) < 4.78 is 10.9. The van der Waals surface area contributed by atoms with Crippen molar-refractivity contribution in [2.45, 2.75) is 32.4 Å². The van der Waals surface area contributed by atoms with Gasteiger partial charge in [-0.05, 0) is 12.5 Å². The first kappa shape index (κ1) is 15.7. The van der Waals surface area contributed by atoms with Crippen LogP contribution in [0.3, 0.4) is 0 Å². The van der Waals surface area contributed by atoms with Crippen LogP contribution in [0.25, 0.3) is 0 Å². The molecular formula is C16H25NO2. The maximum atomic E-state index is 5.65. The number of nitrogens with one attached hydrogen (secondary N) is 1. The molecule has 0 radical (unpaired) electrons. The van der Waals surface area contributed by atoms with E-state index in [1.54, 1.807) is 13.2 Å². The van der Waals surface area contributed by atoms with Gasteiger partial charge in [0.1, 0.15) is 12.4 Å². The predicted molar refractivity (Wildman–Crippen MR) is 79.5 cm³/mol. The number of rotatable bonds is 10. The first-order valence-corrected chi connectivity index (χ1v) is 6.85. The minimum Gasteiger partial charge on any atom is -0.489 e. The minimum absolute atomic E-state index is 0.391. The first-order valence-electron chi connectivity index (χ1n) is 6.85. The van der Waals surface area contributed by atoms with Crippen LogP contribution in [0.2, 0.25) is 0 Å². The Bertz CT molecular complexity index is 360. The highest BCUT2D eigenvalue weighted by atomic mass is 16.5. The Hall–Kier alpha value is -1.32. The molecule has 1 atom stereocenters. The normalized spacial score (nSPS) is 12.1. The van der Waals surface area contributed by atoms with Crippen molar-refractivity contribution in [2.24, 2.45) is 0 Å². The second-order valence-corrected chi connectivity index (χ2v) is 4.53. The highest BCUT2D eigenvalue weighted by Crippen LogP contribution is 2.18. The minimum atomic E-state index is 0.391. The quantitative estimate of drug-likeness (QED) is 0.658. The lowest BCUT2D eigenvalue weighted by Crippen LogP contribution is -2.32. The summed E-state index contributed by atoms with van der Waals surface area (Å²) in [7, 11) is 1.74. The number of hydrogen-bond acceptors (Lipinski definition) is 3. The van der Waals surface area contributed by atoms with Gasteiger partial charge in [-0.25, -0.2) is 0 Å². The first-order chi connectivity index (χ1) is 9.31. The molecule has 0 fully saturated rings. The van der Waals surface area contributed by atoms with Crippen LogP contribution in [-0.4, -0.2) is 26.4 Å². The van der Waals surface area contributed by atoms with Crippen LogP contribution in [0.5, 0.6) is 5.75 Å². The molecule has 3 nitrogen and oxygen atoms in total. The summed E-state index contributed by atoms with van der Waals surface area (Å²) >= 11 is 0. The van der Waals surface area contributed by atoms with E-state index >= 15 is 0 Å². The molecule has 0 saturated carbocycles. The van der Waals surface area contributed by atoms with Crippen LogP contribution in [0.4, 0.5) is 0 Å². The van der Waals surface area contributed by atoms with E-state index in [-0.39, 0.29) is 0 Å². The highest BCUT2D eigenvalue weighted by Gasteiger charge is 2.08. The maximum Gasteiger partial charge on any atom is 0.124 e. The van der Waals surface area contributed by atoms with Crippen molar-refractivity contribution in [3.05, 3.63) is 42.5 Å². The summed E-state index contributed by atoms with van der Waals surface area (Å²) in [6, 6.07) is 8.48. The Morgan fingerprint density at radius 2 is 2.16 bits per heavy atom. The van der Waals surface area contributed by atoms with Crippen molar-refractivity contribution >= 4 is 0 Å². The fourth-order valence-electron chi connectivity index (χ4n) is 1.99. The third kappa shape index (κ3) is 5.90. The number of methoxy groups -OCH3 is 1. The Balaban J connectivity index is 2.57. The lowest BCUT2D eigenvalue weighted by atomic mass is 10.1. The van der Waals surface area contributed by atoms with Crippen molar-refractivity contribution in [3.8, 4) is 5.75 Å². The molecule has 1 unspecified atom stereocenters. The van der Waals surface area contributed by atoms with Crippen LogP contribution >= 0.6 is 0 Å². The molecule has 0 heterocycles. The molecule has 3 heteroatoms. The number of benzene rings is 1. The molecule has 106 valence electrons. The van der Waals surface area contributed by atoms with Crippen molar-refractivity contribution in [3.63, 3.8) is 0 Å². The Labute approximate surface area is 116 Å². The summed E-state index contributed by atoms with van der Waals surface area (Å²) in [6.07, 6.45) is 4.02. The standard InChI is InChI=1S/C16H25NO2/c1-4-8-15(13-18-3)17-12-14-9-6-7-10-16(14)19-11-5-2/h5-7,9-10,15,17H,2,4,8,11-13H2,1,3H3. The number of hydrogen-bond donors (Lipinski definition) is 1.